The van der Waals surface area contributed by atoms with Gasteiger partial charge in [0.2, 0.25) is 0 Å². The fourth-order valence-corrected chi connectivity index (χ4v) is 3.82. The number of hydrogen-bond donors (Lipinski definition) is 1. The maximum absolute atomic E-state index is 12.9. The average Bonchev–Trinajstić information content (AvgIpc) is 2.98. The number of hydrogen-bond acceptors (Lipinski definition) is 4. The van der Waals surface area contributed by atoms with E-state index in [1.807, 2.05) is 37.4 Å². The number of aliphatic hydroxyl groups is 1. The summed E-state index contributed by atoms with van der Waals surface area (Å²) in [4.78, 5) is 19.6. The highest BCUT2D eigenvalue weighted by molar-refractivity contribution is 6.31. The van der Waals surface area contributed by atoms with Crippen molar-refractivity contribution in [3.8, 4) is 5.69 Å². The molecule has 1 saturated heterocycles. The number of halogens is 1. The Kier molecular flexibility index (Phi) is 4.34. The molecule has 0 saturated carbocycles. The molecule has 1 aliphatic heterocycles. The molecule has 0 atom stereocenters. The SMILES string of the molecule is CN1CCC(O)(Cn2cnc3c(cc(Cl)n3-c3ccccc3)c2=O)CC1. The minimum Gasteiger partial charge on any atom is -0.388 e. The van der Waals surface area contributed by atoms with Gasteiger partial charge >= 0.3 is 0 Å². The second-order valence-electron chi connectivity index (χ2n) is 7.08. The minimum atomic E-state index is -0.877. The van der Waals surface area contributed by atoms with Gasteiger partial charge in [0.05, 0.1) is 17.5 Å². The van der Waals surface area contributed by atoms with Gasteiger partial charge in [-0.3, -0.25) is 13.9 Å². The number of benzene rings is 1. The monoisotopic (exact) mass is 372 g/mol. The fourth-order valence-electron chi connectivity index (χ4n) is 3.53. The lowest BCUT2D eigenvalue weighted by atomic mass is 9.91. The van der Waals surface area contributed by atoms with Gasteiger partial charge in [-0.1, -0.05) is 29.8 Å². The van der Waals surface area contributed by atoms with Crippen LogP contribution < -0.4 is 5.56 Å². The van der Waals surface area contributed by atoms with Crippen LogP contribution >= 0.6 is 11.6 Å². The van der Waals surface area contributed by atoms with Crippen molar-refractivity contribution in [3.05, 3.63) is 58.2 Å². The van der Waals surface area contributed by atoms with Crippen molar-refractivity contribution in [2.75, 3.05) is 20.1 Å². The van der Waals surface area contributed by atoms with Crippen LogP contribution in [0.5, 0.6) is 0 Å². The third-order valence-corrected chi connectivity index (χ3v) is 5.42. The molecule has 136 valence electrons. The third-order valence-electron chi connectivity index (χ3n) is 5.14. The summed E-state index contributed by atoms with van der Waals surface area (Å²) in [6.07, 6.45) is 2.79. The molecule has 0 bridgehead atoms. The Morgan fingerprint density at radius 1 is 1.23 bits per heavy atom. The first-order chi connectivity index (χ1) is 12.5. The van der Waals surface area contributed by atoms with Gasteiger partial charge in [-0.05, 0) is 38.1 Å². The van der Waals surface area contributed by atoms with Crippen molar-refractivity contribution >= 4 is 22.6 Å². The van der Waals surface area contributed by atoms with Crippen molar-refractivity contribution in [1.29, 1.82) is 0 Å². The zero-order valence-electron chi connectivity index (χ0n) is 14.6. The number of nitrogens with zero attached hydrogens (tertiary/aromatic N) is 4. The van der Waals surface area contributed by atoms with E-state index >= 15 is 0 Å². The first kappa shape index (κ1) is 17.3. The number of piperidine rings is 1. The average molecular weight is 373 g/mol. The van der Waals surface area contributed by atoms with Crippen LogP contribution in [0.25, 0.3) is 16.7 Å². The molecule has 2 aromatic heterocycles. The van der Waals surface area contributed by atoms with Gasteiger partial charge in [-0.15, -0.1) is 0 Å². The van der Waals surface area contributed by atoms with Gasteiger partial charge in [0, 0.05) is 18.8 Å². The van der Waals surface area contributed by atoms with Gasteiger partial charge in [0.1, 0.15) is 11.5 Å². The van der Waals surface area contributed by atoms with E-state index in [0.29, 0.717) is 29.0 Å². The van der Waals surface area contributed by atoms with Gasteiger partial charge < -0.3 is 10.0 Å². The van der Waals surface area contributed by atoms with E-state index in [9.17, 15) is 9.90 Å². The summed E-state index contributed by atoms with van der Waals surface area (Å²) < 4.78 is 3.26. The Hall–Kier alpha value is -2.15. The molecule has 0 amide bonds. The van der Waals surface area contributed by atoms with E-state index in [0.717, 1.165) is 18.8 Å². The normalized spacial score (nSPS) is 17.7. The Morgan fingerprint density at radius 3 is 2.62 bits per heavy atom. The molecular weight excluding hydrogens is 352 g/mol. The van der Waals surface area contributed by atoms with E-state index in [4.69, 9.17) is 11.6 Å². The molecule has 26 heavy (non-hydrogen) atoms. The maximum Gasteiger partial charge on any atom is 0.262 e. The molecule has 0 aliphatic carbocycles. The molecular formula is C19H21ClN4O2. The summed E-state index contributed by atoms with van der Waals surface area (Å²) in [5.41, 5.74) is 0.320. The lowest BCUT2D eigenvalue weighted by Crippen LogP contribution is -2.46. The van der Waals surface area contributed by atoms with E-state index in [2.05, 4.69) is 9.88 Å². The summed E-state index contributed by atoms with van der Waals surface area (Å²) >= 11 is 6.38. The number of aromatic nitrogens is 3. The Labute approximate surface area is 156 Å². The predicted molar refractivity (Wildman–Crippen MR) is 102 cm³/mol. The summed E-state index contributed by atoms with van der Waals surface area (Å²) in [5, 5.41) is 11.7. The lowest BCUT2D eigenvalue weighted by Gasteiger charge is -2.36. The van der Waals surface area contributed by atoms with Gasteiger partial charge in [-0.25, -0.2) is 4.98 Å². The molecule has 3 aromatic rings. The predicted octanol–water partition coefficient (Wildman–Crippen LogP) is 2.30. The third kappa shape index (κ3) is 3.05. The van der Waals surface area contributed by atoms with E-state index in [-0.39, 0.29) is 12.1 Å². The van der Waals surface area contributed by atoms with Crippen LogP contribution in [0, 0.1) is 0 Å². The highest BCUT2D eigenvalue weighted by Crippen LogP contribution is 2.26. The zero-order chi connectivity index (χ0) is 18.3. The topological polar surface area (TPSA) is 63.3 Å². The fraction of sp³-hybridized carbons (Fsp3) is 0.368. The zero-order valence-corrected chi connectivity index (χ0v) is 15.4. The van der Waals surface area contributed by atoms with E-state index in [1.165, 1.54) is 10.9 Å². The smallest absolute Gasteiger partial charge is 0.262 e. The minimum absolute atomic E-state index is 0.182. The van der Waals surface area contributed by atoms with Crippen LogP contribution in [-0.2, 0) is 6.54 Å². The quantitative estimate of drug-likeness (QED) is 0.766. The molecule has 0 unspecified atom stereocenters. The summed E-state index contributed by atoms with van der Waals surface area (Å²) in [5.74, 6) is 0. The van der Waals surface area contributed by atoms with Crippen molar-refractivity contribution in [1.82, 2.24) is 19.0 Å². The molecule has 0 radical (unpaired) electrons. The van der Waals surface area contributed by atoms with Crippen molar-refractivity contribution in [2.45, 2.75) is 25.0 Å². The second kappa shape index (κ2) is 6.54. The molecule has 1 aromatic carbocycles. The molecule has 6 nitrogen and oxygen atoms in total. The lowest BCUT2D eigenvalue weighted by molar-refractivity contribution is -0.0298. The van der Waals surface area contributed by atoms with Crippen LogP contribution in [0.2, 0.25) is 5.15 Å². The maximum atomic E-state index is 12.9. The van der Waals surface area contributed by atoms with Gasteiger partial charge in [0.25, 0.3) is 5.56 Å². The van der Waals surface area contributed by atoms with Crippen molar-refractivity contribution in [2.24, 2.45) is 0 Å². The van der Waals surface area contributed by atoms with Crippen molar-refractivity contribution < 1.29 is 5.11 Å². The summed E-state index contributed by atoms with van der Waals surface area (Å²) in [7, 11) is 2.04. The van der Waals surface area contributed by atoms with Crippen LogP contribution in [-0.4, -0.2) is 49.9 Å². The first-order valence-electron chi connectivity index (χ1n) is 8.70. The van der Waals surface area contributed by atoms with E-state index in [1.54, 1.807) is 10.6 Å². The highest BCUT2D eigenvalue weighted by atomic mass is 35.5. The van der Waals surface area contributed by atoms with Gasteiger partial charge in [0.15, 0.2) is 5.65 Å². The number of rotatable bonds is 3. The van der Waals surface area contributed by atoms with Crippen LogP contribution in [0.4, 0.5) is 0 Å². The Morgan fingerprint density at radius 2 is 1.92 bits per heavy atom. The largest absolute Gasteiger partial charge is 0.388 e. The van der Waals surface area contributed by atoms with Crippen molar-refractivity contribution in [3.63, 3.8) is 0 Å². The van der Waals surface area contributed by atoms with Crippen LogP contribution in [0.15, 0.2) is 47.5 Å². The molecule has 4 rings (SSSR count). The summed E-state index contributed by atoms with van der Waals surface area (Å²) in [6.45, 7) is 1.88. The highest BCUT2D eigenvalue weighted by Gasteiger charge is 2.32. The number of para-hydroxylation sites is 1. The van der Waals surface area contributed by atoms with E-state index < -0.39 is 5.60 Å². The number of fused-ring (bicyclic) bond motifs is 1. The molecule has 3 heterocycles. The molecule has 0 spiro atoms. The van der Waals surface area contributed by atoms with Crippen LogP contribution in [0.1, 0.15) is 12.8 Å². The molecule has 7 heteroatoms. The van der Waals surface area contributed by atoms with Crippen LogP contribution in [0.3, 0.4) is 0 Å². The molecule has 1 fully saturated rings. The van der Waals surface area contributed by atoms with Gasteiger partial charge in [-0.2, -0.15) is 0 Å². The number of likely N-dealkylation sites (tertiary alicyclic amines) is 1. The second-order valence-corrected chi connectivity index (χ2v) is 7.47. The molecule has 1 aliphatic rings. The Bertz CT molecular complexity index is 988. The standard InChI is InChI=1S/C19H21ClN4O2/c1-22-9-7-19(26,8-10-22)12-23-13-21-17-15(18(23)25)11-16(20)24(17)14-5-3-2-4-6-14/h2-6,11,13,26H,7-10,12H2,1H3. The first-order valence-corrected chi connectivity index (χ1v) is 9.07. The summed E-state index contributed by atoms with van der Waals surface area (Å²) in [6, 6.07) is 11.2. The molecule has 1 N–H and O–H groups in total. The Balaban J connectivity index is 1.74.